The van der Waals surface area contributed by atoms with Crippen LogP contribution in [0.15, 0.2) is 35.0 Å². The Labute approximate surface area is 123 Å². The highest BCUT2D eigenvalue weighted by molar-refractivity contribution is 6.05. The van der Waals surface area contributed by atoms with Crippen molar-refractivity contribution in [1.29, 1.82) is 0 Å². The summed E-state index contributed by atoms with van der Waals surface area (Å²) in [5.41, 5.74) is 2.62. The molecule has 1 saturated heterocycles. The van der Waals surface area contributed by atoms with Crippen LogP contribution in [0.4, 0.5) is 5.82 Å². The lowest BCUT2D eigenvalue weighted by Gasteiger charge is -2.39. The van der Waals surface area contributed by atoms with Gasteiger partial charge in [-0.2, -0.15) is 0 Å². The second-order valence-electron chi connectivity index (χ2n) is 6.21. The van der Waals surface area contributed by atoms with Crippen LogP contribution < -0.4 is 10.2 Å². The molecule has 0 saturated carbocycles. The van der Waals surface area contributed by atoms with Gasteiger partial charge in [0, 0.05) is 30.6 Å². The van der Waals surface area contributed by atoms with Crippen LogP contribution in [0, 0.1) is 0 Å². The van der Waals surface area contributed by atoms with E-state index in [9.17, 15) is 0 Å². The summed E-state index contributed by atoms with van der Waals surface area (Å²) in [6, 6.07) is 8.00. The summed E-state index contributed by atoms with van der Waals surface area (Å²) in [5, 5.41) is 4.56. The van der Waals surface area contributed by atoms with Gasteiger partial charge in [-0.3, -0.25) is 0 Å². The SMILES string of the molecule is CC1(C)CN(c2ncnc3c2oc2ccccc23)CCN1. The molecule has 1 aliphatic rings. The second-order valence-corrected chi connectivity index (χ2v) is 6.21. The molecule has 0 aliphatic carbocycles. The van der Waals surface area contributed by atoms with Crippen molar-refractivity contribution in [3.63, 3.8) is 0 Å². The molecular weight excluding hydrogens is 264 g/mol. The number of piperazine rings is 1. The quantitative estimate of drug-likeness (QED) is 0.743. The van der Waals surface area contributed by atoms with Gasteiger partial charge in [0.25, 0.3) is 0 Å². The first-order valence-corrected chi connectivity index (χ1v) is 7.26. The Morgan fingerprint density at radius 1 is 1.24 bits per heavy atom. The number of benzene rings is 1. The monoisotopic (exact) mass is 282 g/mol. The highest BCUT2D eigenvalue weighted by Crippen LogP contribution is 2.32. The molecule has 3 aromatic rings. The zero-order valence-electron chi connectivity index (χ0n) is 12.3. The molecule has 4 rings (SSSR count). The van der Waals surface area contributed by atoms with Gasteiger partial charge in [0.1, 0.15) is 17.4 Å². The molecule has 0 radical (unpaired) electrons. The topological polar surface area (TPSA) is 54.2 Å². The fourth-order valence-corrected chi connectivity index (χ4v) is 3.06. The average molecular weight is 282 g/mol. The standard InChI is InChI=1S/C16H18N4O/c1-16(2)9-20(8-7-19-16)15-14-13(17-10-18-15)11-5-3-4-6-12(11)21-14/h3-6,10,19H,7-9H2,1-2H3. The molecule has 3 heterocycles. The summed E-state index contributed by atoms with van der Waals surface area (Å²) in [6.07, 6.45) is 1.63. The van der Waals surface area contributed by atoms with Crippen LogP contribution in [0.1, 0.15) is 13.8 Å². The molecule has 0 bridgehead atoms. The maximum Gasteiger partial charge on any atom is 0.196 e. The lowest BCUT2D eigenvalue weighted by Crippen LogP contribution is -2.57. The molecule has 2 aromatic heterocycles. The van der Waals surface area contributed by atoms with Crippen molar-refractivity contribution < 1.29 is 4.42 Å². The Hall–Kier alpha value is -2.14. The third-order valence-electron chi connectivity index (χ3n) is 4.01. The molecule has 5 heteroatoms. The maximum absolute atomic E-state index is 6.02. The lowest BCUT2D eigenvalue weighted by molar-refractivity contribution is 0.351. The Balaban J connectivity index is 1.89. The van der Waals surface area contributed by atoms with Crippen LogP contribution in [0.25, 0.3) is 22.1 Å². The molecule has 0 atom stereocenters. The molecule has 1 aromatic carbocycles. The fraction of sp³-hybridized carbons (Fsp3) is 0.375. The van der Waals surface area contributed by atoms with Gasteiger partial charge in [0.05, 0.1) is 0 Å². The smallest absolute Gasteiger partial charge is 0.196 e. The van der Waals surface area contributed by atoms with Gasteiger partial charge in [0.2, 0.25) is 0 Å². The van der Waals surface area contributed by atoms with E-state index in [-0.39, 0.29) is 5.54 Å². The second kappa shape index (κ2) is 4.43. The van der Waals surface area contributed by atoms with E-state index in [2.05, 4.69) is 34.0 Å². The fourth-order valence-electron chi connectivity index (χ4n) is 3.06. The van der Waals surface area contributed by atoms with Crippen molar-refractivity contribution >= 4 is 27.9 Å². The highest BCUT2D eigenvalue weighted by Gasteiger charge is 2.28. The molecule has 0 amide bonds. The average Bonchev–Trinajstić information content (AvgIpc) is 2.84. The number of rotatable bonds is 1. The third-order valence-corrected chi connectivity index (χ3v) is 4.01. The molecule has 108 valence electrons. The largest absolute Gasteiger partial charge is 0.450 e. The summed E-state index contributed by atoms with van der Waals surface area (Å²) >= 11 is 0. The number of para-hydroxylation sites is 1. The highest BCUT2D eigenvalue weighted by atomic mass is 16.3. The van der Waals surface area contributed by atoms with E-state index < -0.39 is 0 Å². The van der Waals surface area contributed by atoms with E-state index in [0.717, 1.165) is 47.5 Å². The van der Waals surface area contributed by atoms with E-state index in [0.29, 0.717) is 0 Å². The van der Waals surface area contributed by atoms with Crippen LogP contribution in [-0.2, 0) is 0 Å². The Morgan fingerprint density at radius 2 is 2.10 bits per heavy atom. The first kappa shape index (κ1) is 12.6. The van der Waals surface area contributed by atoms with Gasteiger partial charge < -0.3 is 14.6 Å². The number of hydrogen-bond donors (Lipinski definition) is 1. The van der Waals surface area contributed by atoms with Crippen LogP contribution in [0.5, 0.6) is 0 Å². The van der Waals surface area contributed by atoms with E-state index in [1.165, 1.54) is 0 Å². The van der Waals surface area contributed by atoms with E-state index in [1.54, 1.807) is 6.33 Å². The predicted molar refractivity (Wildman–Crippen MR) is 83.6 cm³/mol. The van der Waals surface area contributed by atoms with Gasteiger partial charge in [-0.15, -0.1) is 0 Å². The van der Waals surface area contributed by atoms with Crippen LogP contribution in [0.3, 0.4) is 0 Å². The number of furan rings is 1. The normalized spacial score (nSPS) is 18.5. The molecule has 1 fully saturated rings. The van der Waals surface area contributed by atoms with Crippen LogP contribution in [0.2, 0.25) is 0 Å². The van der Waals surface area contributed by atoms with Crippen molar-refractivity contribution in [2.75, 3.05) is 24.5 Å². The summed E-state index contributed by atoms with van der Waals surface area (Å²) in [6.45, 7) is 7.17. The maximum atomic E-state index is 6.02. The Kier molecular flexibility index (Phi) is 2.65. The number of nitrogens with zero attached hydrogens (tertiary/aromatic N) is 3. The predicted octanol–water partition coefficient (Wildman–Crippen LogP) is 2.56. The number of aromatic nitrogens is 2. The van der Waals surface area contributed by atoms with Gasteiger partial charge in [0.15, 0.2) is 11.4 Å². The van der Waals surface area contributed by atoms with Crippen LogP contribution >= 0.6 is 0 Å². The van der Waals surface area contributed by atoms with Crippen LogP contribution in [-0.4, -0.2) is 35.1 Å². The first-order chi connectivity index (χ1) is 10.1. The summed E-state index contributed by atoms with van der Waals surface area (Å²) in [7, 11) is 0. The Bertz CT molecular complexity index is 808. The summed E-state index contributed by atoms with van der Waals surface area (Å²) < 4.78 is 6.02. The van der Waals surface area contributed by atoms with Gasteiger partial charge in [-0.25, -0.2) is 9.97 Å². The van der Waals surface area contributed by atoms with Crippen molar-refractivity contribution in [2.24, 2.45) is 0 Å². The molecule has 1 N–H and O–H groups in total. The zero-order valence-corrected chi connectivity index (χ0v) is 12.3. The number of nitrogens with one attached hydrogen (secondary N) is 1. The van der Waals surface area contributed by atoms with Gasteiger partial charge in [-0.05, 0) is 26.0 Å². The van der Waals surface area contributed by atoms with Gasteiger partial charge >= 0.3 is 0 Å². The number of anilines is 1. The van der Waals surface area contributed by atoms with E-state index >= 15 is 0 Å². The lowest BCUT2D eigenvalue weighted by atomic mass is 10.0. The van der Waals surface area contributed by atoms with E-state index in [1.807, 2.05) is 24.3 Å². The molecular formula is C16H18N4O. The molecule has 1 aliphatic heterocycles. The number of fused-ring (bicyclic) bond motifs is 3. The third kappa shape index (κ3) is 2.05. The molecule has 0 spiro atoms. The summed E-state index contributed by atoms with van der Waals surface area (Å²) in [5.74, 6) is 0.894. The van der Waals surface area contributed by atoms with Crippen molar-refractivity contribution in [2.45, 2.75) is 19.4 Å². The minimum Gasteiger partial charge on any atom is -0.450 e. The van der Waals surface area contributed by atoms with Crippen molar-refractivity contribution in [1.82, 2.24) is 15.3 Å². The minimum atomic E-state index is 0.0710. The molecule has 21 heavy (non-hydrogen) atoms. The molecule has 5 nitrogen and oxygen atoms in total. The summed E-state index contributed by atoms with van der Waals surface area (Å²) in [4.78, 5) is 11.2. The minimum absolute atomic E-state index is 0.0710. The van der Waals surface area contributed by atoms with Gasteiger partial charge in [-0.1, -0.05) is 12.1 Å². The van der Waals surface area contributed by atoms with Crippen molar-refractivity contribution in [3.8, 4) is 0 Å². The Morgan fingerprint density at radius 3 is 2.95 bits per heavy atom. The van der Waals surface area contributed by atoms with E-state index in [4.69, 9.17) is 4.42 Å². The zero-order chi connectivity index (χ0) is 14.4. The molecule has 0 unspecified atom stereocenters. The number of hydrogen-bond acceptors (Lipinski definition) is 5. The van der Waals surface area contributed by atoms with Crippen molar-refractivity contribution in [3.05, 3.63) is 30.6 Å². The first-order valence-electron chi connectivity index (χ1n) is 7.26.